The third-order valence-electron chi connectivity index (χ3n) is 5.40. The topological polar surface area (TPSA) is 32.5 Å². The van der Waals surface area contributed by atoms with E-state index in [4.69, 9.17) is 5.73 Å². The van der Waals surface area contributed by atoms with Crippen molar-refractivity contribution in [3.8, 4) is 0 Å². The van der Waals surface area contributed by atoms with E-state index in [1.807, 2.05) is 0 Å². The molecule has 0 saturated carbocycles. The van der Waals surface area contributed by atoms with Crippen molar-refractivity contribution in [1.29, 1.82) is 0 Å². The Morgan fingerprint density at radius 2 is 1.86 bits per heavy atom. The quantitative estimate of drug-likeness (QED) is 0.872. The summed E-state index contributed by atoms with van der Waals surface area (Å²) in [6, 6.07) is 11.4. The van der Waals surface area contributed by atoms with E-state index in [-0.39, 0.29) is 5.54 Å². The Kier molecular flexibility index (Phi) is 5.80. The van der Waals surface area contributed by atoms with Gasteiger partial charge in [-0.25, -0.2) is 0 Å². The van der Waals surface area contributed by atoms with E-state index in [9.17, 15) is 0 Å². The lowest BCUT2D eigenvalue weighted by Gasteiger charge is -2.47. The average Bonchev–Trinajstić information content (AvgIpc) is 2.54. The first-order valence-electron chi connectivity index (χ1n) is 8.27. The fourth-order valence-corrected chi connectivity index (χ4v) is 3.60. The average molecular weight is 289 g/mol. The van der Waals surface area contributed by atoms with Crippen LogP contribution in [0.3, 0.4) is 0 Å². The molecule has 1 unspecified atom stereocenters. The smallest absolute Gasteiger partial charge is 0.0369 e. The third kappa shape index (κ3) is 3.85. The van der Waals surface area contributed by atoms with Gasteiger partial charge < -0.3 is 10.6 Å². The van der Waals surface area contributed by atoms with Crippen molar-refractivity contribution in [3.05, 3.63) is 35.9 Å². The fraction of sp³-hybridized carbons (Fsp3) is 0.667. The maximum atomic E-state index is 6.25. The molecule has 0 spiro atoms. The van der Waals surface area contributed by atoms with Gasteiger partial charge in [-0.2, -0.15) is 0 Å². The van der Waals surface area contributed by atoms with Crippen molar-refractivity contribution in [2.45, 2.75) is 44.2 Å². The largest absolute Gasteiger partial charge is 0.329 e. The molecule has 2 rings (SSSR count). The van der Waals surface area contributed by atoms with Crippen molar-refractivity contribution in [1.82, 2.24) is 9.80 Å². The first-order valence-corrected chi connectivity index (χ1v) is 8.27. The SMILES string of the molecule is CCC(CN)(Cc1ccccc1)N(C)C1CCN(C)CC1. The molecule has 21 heavy (non-hydrogen) atoms. The van der Waals surface area contributed by atoms with Gasteiger partial charge in [0.05, 0.1) is 0 Å². The Morgan fingerprint density at radius 1 is 1.24 bits per heavy atom. The van der Waals surface area contributed by atoms with Crippen LogP contribution in [0.15, 0.2) is 30.3 Å². The summed E-state index contributed by atoms with van der Waals surface area (Å²) >= 11 is 0. The summed E-state index contributed by atoms with van der Waals surface area (Å²) < 4.78 is 0. The van der Waals surface area contributed by atoms with Crippen LogP contribution < -0.4 is 5.73 Å². The second kappa shape index (κ2) is 7.39. The zero-order chi connectivity index (χ0) is 15.3. The van der Waals surface area contributed by atoms with Gasteiger partial charge in [0.2, 0.25) is 0 Å². The summed E-state index contributed by atoms with van der Waals surface area (Å²) in [4.78, 5) is 5.02. The third-order valence-corrected chi connectivity index (χ3v) is 5.40. The van der Waals surface area contributed by atoms with E-state index in [1.165, 1.54) is 31.5 Å². The molecule has 1 aliphatic heterocycles. The molecule has 0 aromatic heterocycles. The Balaban J connectivity index is 2.12. The highest BCUT2D eigenvalue weighted by molar-refractivity contribution is 5.18. The van der Waals surface area contributed by atoms with Gasteiger partial charge in [-0.15, -0.1) is 0 Å². The lowest BCUT2D eigenvalue weighted by molar-refractivity contribution is 0.0402. The van der Waals surface area contributed by atoms with Crippen LogP contribution >= 0.6 is 0 Å². The molecule has 0 amide bonds. The van der Waals surface area contributed by atoms with Crippen molar-refractivity contribution < 1.29 is 0 Å². The molecule has 0 radical (unpaired) electrons. The minimum Gasteiger partial charge on any atom is -0.329 e. The van der Waals surface area contributed by atoms with E-state index in [0.717, 1.165) is 19.4 Å². The van der Waals surface area contributed by atoms with Crippen molar-refractivity contribution >= 4 is 0 Å². The molecule has 3 heteroatoms. The Labute approximate surface area is 130 Å². The van der Waals surface area contributed by atoms with Crippen LogP contribution in [0.4, 0.5) is 0 Å². The lowest BCUT2D eigenvalue weighted by atomic mass is 9.84. The monoisotopic (exact) mass is 289 g/mol. The van der Waals surface area contributed by atoms with Gasteiger partial charge in [-0.1, -0.05) is 37.3 Å². The lowest BCUT2D eigenvalue weighted by Crippen LogP contribution is -2.58. The second-order valence-corrected chi connectivity index (χ2v) is 6.59. The zero-order valence-electron chi connectivity index (χ0n) is 13.9. The maximum absolute atomic E-state index is 6.25. The number of piperidine rings is 1. The molecule has 0 aliphatic carbocycles. The number of nitrogens with two attached hydrogens (primary N) is 1. The molecule has 1 heterocycles. The second-order valence-electron chi connectivity index (χ2n) is 6.59. The van der Waals surface area contributed by atoms with Crippen LogP contribution in [0.2, 0.25) is 0 Å². The molecule has 118 valence electrons. The van der Waals surface area contributed by atoms with E-state index < -0.39 is 0 Å². The maximum Gasteiger partial charge on any atom is 0.0369 e. The number of rotatable bonds is 6. The van der Waals surface area contributed by atoms with Gasteiger partial charge in [0.1, 0.15) is 0 Å². The van der Waals surface area contributed by atoms with Gasteiger partial charge in [0.15, 0.2) is 0 Å². The van der Waals surface area contributed by atoms with Gasteiger partial charge in [-0.3, -0.25) is 4.90 Å². The van der Waals surface area contributed by atoms with Gasteiger partial charge in [0.25, 0.3) is 0 Å². The Morgan fingerprint density at radius 3 is 2.38 bits per heavy atom. The van der Waals surface area contributed by atoms with Gasteiger partial charge >= 0.3 is 0 Å². The summed E-state index contributed by atoms with van der Waals surface area (Å²) in [7, 11) is 4.51. The number of hydrogen-bond donors (Lipinski definition) is 1. The highest BCUT2D eigenvalue weighted by Gasteiger charge is 2.36. The van der Waals surface area contributed by atoms with Crippen LogP contribution in [0.25, 0.3) is 0 Å². The van der Waals surface area contributed by atoms with Crippen LogP contribution in [0, 0.1) is 0 Å². The summed E-state index contributed by atoms with van der Waals surface area (Å²) in [6.07, 6.45) is 4.65. The minimum absolute atomic E-state index is 0.0852. The van der Waals surface area contributed by atoms with Crippen molar-refractivity contribution in [2.24, 2.45) is 5.73 Å². The molecule has 1 aromatic carbocycles. The fourth-order valence-electron chi connectivity index (χ4n) is 3.60. The van der Waals surface area contributed by atoms with Crippen LogP contribution in [-0.4, -0.2) is 55.1 Å². The summed E-state index contributed by atoms with van der Waals surface area (Å²) in [5, 5.41) is 0. The predicted molar refractivity (Wildman–Crippen MR) is 90.5 cm³/mol. The van der Waals surface area contributed by atoms with Gasteiger partial charge in [-0.05, 0) is 58.4 Å². The summed E-state index contributed by atoms with van der Waals surface area (Å²) in [6.45, 7) is 5.40. The summed E-state index contributed by atoms with van der Waals surface area (Å²) in [5.41, 5.74) is 7.73. The predicted octanol–water partition coefficient (Wildman–Crippen LogP) is 2.36. The van der Waals surface area contributed by atoms with E-state index in [1.54, 1.807) is 0 Å². The first-order chi connectivity index (χ1) is 10.1. The molecule has 1 saturated heterocycles. The van der Waals surface area contributed by atoms with Crippen LogP contribution in [0.5, 0.6) is 0 Å². The molecule has 1 aromatic rings. The van der Waals surface area contributed by atoms with Crippen molar-refractivity contribution in [2.75, 3.05) is 33.7 Å². The first kappa shape index (κ1) is 16.5. The molecule has 1 fully saturated rings. The Bertz CT molecular complexity index is 406. The zero-order valence-corrected chi connectivity index (χ0v) is 13.9. The molecular formula is C18H31N3. The van der Waals surface area contributed by atoms with E-state index in [0.29, 0.717) is 6.04 Å². The van der Waals surface area contributed by atoms with E-state index >= 15 is 0 Å². The number of nitrogens with zero attached hydrogens (tertiary/aromatic N) is 2. The molecule has 1 aliphatic rings. The molecule has 3 nitrogen and oxygen atoms in total. The number of likely N-dealkylation sites (tertiary alicyclic amines) is 1. The molecule has 0 bridgehead atoms. The molecule has 1 atom stereocenters. The molecule has 2 N–H and O–H groups in total. The van der Waals surface area contributed by atoms with Gasteiger partial charge in [0, 0.05) is 18.1 Å². The number of hydrogen-bond acceptors (Lipinski definition) is 3. The van der Waals surface area contributed by atoms with Crippen LogP contribution in [-0.2, 0) is 6.42 Å². The Hall–Kier alpha value is -0.900. The molecular weight excluding hydrogens is 258 g/mol. The number of benzene rings is 1. The highest BCUT2D eigenvalue weighted by Crippen LogP contribution is 2.28. The van der Waals surface area contributed by atoms with Crippen molar-refractivity contribution in [3.63, 3.8) is 0 Å². The highest BCUT2D eigenvalue weighted by atomic mass is 15.2. The number of likely N-dealkylation sites (N-methyl/N-ethyl adjacent to an activating group) is 1. The van der Waals surface area contributed by atoms with E-state index in [2.05, 4.69) is 61.2 Å². The standard InChI is InChI=1S/C18H31N3/c1-4-18(15-19,14-16-8-6-5-7-9-16)21(3)17-10-12-20(2)13-11-17/h5-9,17H,4,10-15,19H2,1-3H3. The normalized spacial score (nSPS) is 20.6. The summed E-state index contributed by atoms with van der Waals surface area (Å²) in [5.74, 6) is 0. The van der Waals surface area contributed by atoms with Crippen LogP contribution in [0.1, 0.15) is 31.7 Å². The minimum atomic E-state index is 0.0852.